The third-order valence-corrected chi connectivity index (χ3v) is 12.2. The quantitative estimate of drug-likeness (QED) is 0.0355. The maximum Gasteiger partial charge on any atom is 0.410 e. The van der Waals surface area contributed by atoms with Crippen molar-refractivity contribution >= 4 is 23.6 Å². The van der Waals surface area contributed by atoms with Gasteiger partial charge >= 0.3 is 6.09 Å². The number of hydrogen-bond acceptors (Lipinski definition) is 12. The Labute approximate surface area is 354 Å². The van der Waals surface area contributed by atoms with Crippen LogP contribution in [0, 0.1) is 17.8 Å². The van der Waals surface area contributed by atoms with Gasteiger partial charge in [0.05, 0.1) is 51.3 Å². The van der Waals surface area contributed by atoms with Gasteiger partial charge in [-0.15, -0.1) is 24.9 Å². The maximum atomic E-state index is 14.3. The van der Waals surface area contributed by atoms with Gasteiger partial charge in [0.1, 0.15) is 24.1 Å². The van der Waals surface area contributed by atoms with E-state index in [0.29, 0.717) is 43.9 Å². The molecule has 2 aromatic carbocycles. The predicted octanol–water partition coefficient (Wildman–Crippen LogP) is 7.53. The van der Waals surface area contributed by atoms with Crippen LogP contribution in [0.15, 0.2) is 95.5 Å². The predicted molar refractivity (Wildman–Crippen MR) is 230 cm³/mol. The van der Waals surface area contributed by atoms with Crippen LogP contribution in [0.4, 0.5) is 4.79 Å². The van der Waals surface area contributed by atoms with Crippen molar-refractivity contribution < 1.29 is 48.6 Å². The molecule has 0 aromatic heterocycles. The first-order valence-electron chi connectivity index (χ1n) is 21.2. The number of oxime groups is 1. The topological polar surface area (TPSA) is 149 Å². The molecule has 1 heterocycles. The van der Waals surface area contributed by atoms with Gasteiger partial charge in [0, 0.05) is 48.3 Å². The first-order valence-corrected chi connectivity index (χ1v) is 22.2. The Morgan fingerprint density at radius 2 is 1.78 bits per heavy atom. The van der Waals surface area contributed by atoms with Crippen molar-refractivity contribution in [3.8, 4) is 11.5 Å². The highest BCUT2D eigenvalue weighted by Gasteiger charge is 2.65. The number of benzene rings is 2. The standard InChI is InChI=1S/C46H64N2O10S/c1-4-7-26-55-45(52)48(21-27-53-28-24-51)42-33-40(47-57-6-3)38-31-34(15-11-13-22-49)37(18-12-14-23-50)43-39-32-35(54-29-30-59-36-16-9-8-10-17-36)19-20-41(39)58-46(42,44(38)43)56-25-5-2/h4-5,8-10,16-17,19-20,31-32,34,37,42-44,49-51H,1-2,6-7,11-15,18,21-30,33H2,3H3. The van der Waals surface area contributed by atoms with Crippen molar-refractivity contribution in [1.82, 2.24) is 4.90 Å². The number of unbranched alkanes of at least 4 members (excludes halogenated alkanes) is 2. The maximum absolute atomic E-state index is 14.3. The van der Waals surface area contributed by atoms with Gasteiger partial charge in [0.15, 0.2) is 0 Å². The zero-order valence-corrected chi connectivity index (χ0v) is 35.4. The molecule has 12 nitrogen and oxygen atoms in total. The molecule has 2 aliphatic carbocycles. The van der Waals surface area contributed by atoms with Gasteiger partial charge in [-0.25, -0.2) is 4.79 Å². The Bertz CT molecular complexity index is 1670. The molecule has 1 aliphatic heterocycles. The van der Waals surface area contributed by atoms with Crippen molar-refractivity contribution in [2.75, 3.05) is 71.8 Å². The zero-order valence-electron chi connectivity index (χ0n) is 34.6. The number of allylic oxidation sites excluding steroid dienone is 1. The van der Waals surface area contributed by atoms with Gasteiger partial charge < -0.3 is 43.8 Å². The van der Waals surface area contributed by atoms with E-state index in [2.05, 4.69) is 37.4 Å². The van der Waals surface area contributed by atoms with Gasteiger partial charge in [-0.1, -0.05) is 54.4 Å². The van der Waals surface area contributed by atoms with Crippen molar-refractivity contribution in [3.63, 3.8) is 0 Å². The lowest BCUT2D eigenvalue weighted by atomic mass is 9.55. The molecule has 0 bridgehead atoms. The summed E-state index contributed by atoms with van der Waals surface area (Å²) in [4.78, 5) is 22.9. The smallest absolute Gasteiger partial charge is 0.410 e. The normalized spacial score (nSPS) is 23.6. The average Bonchev–Trinajstić information content (AvgIpc) is 3.25. The van der Waals surface area contributed by atoms with Crippen LogP contribution >= 0.6 is 11.8 Å². The number of carbonyl (C=O) groups excluding carboxylic acids is 1. The van der Waals surface area contributed by atoms with Crippen molar-refractivity contribution in [2.24, 2.45) is 22.9 Å². The Kier molecular flexibility index (Phi) is 19.1. The van der Waals surface area contributed by atoms with Crippen LogP contribution in [0.5, 0.6) is 11.5 Å². The fourth-order valence-corrected chi connectivity index (χ4v) is 9.48. The summed E-state index contributed by atoms with van der Waals surface area (Å²) < 4.78 is 32.3. The highest BCUT2D eigenvalue weighted by molar-refractivity contribution is 7.99. The molecule has 2 aromatic rings. The Morgan fingerprint density at radius 1 is 0.983 bits per heavy atom. The van der Waals surface area contributed by atoms with Crippen LogP contribution in [0.3, 0.4) is 0 Å². The van der Waals surface area contributed by atoms with E-state index in [-0.39, 0.29) is 77.0 Å². The van der Waals surface area contributed by atoms with Crippen LogP contribution in [-0.4, -0.2) is 116 Å². The Balaban J connectivity index is 1.67. The third kappa shape index (κ3) is 11.9. The number of thioether (sulfide) groups is 1. The van der Waals surface area contributed by atoms with Crippen LogP contribution in [0.25, 0.3) is 0 Å². The van der Waals surface area contributed by atoms with Crippen LogP contribution in [0.2, 0.25) is 0 Å². The van der Waals surface area contributed by atoms with E-state index in [9.17, 15) is 20.1 Å². The second-order valence-electron chi connectivity index (χ2n) is 14.9. The molecule has 324 valence electrons. The number of rotatable bonds is 27. The molecular formula is C46H64N2O10S. The number of fused-ring (bicyclic) bond motifs is 2. The molecule has 3 aliphatic rings. The van der Waals surface area contributed by atoms with Crippen LogP contribution in [-0.2, 0) is 19.0 Å². The van der Waals surface area contributed by atoms with Gasteiger partial charge in [0.2, 0.25) is 5.79 Å². The van der Waals surface area contributed by atoms with Gasteiger partial charge in [-0.2, -0.15) is 0 Å². The lowest BCUT2D eigenvalue weighted by Crippen LogP contribution is -2.70. The second-order valence-corrected chi connectivity index (χ2v) is 16.1. The number of ether oxygens (including phenoxy) is 5. The minimum atomic E-state index is -1.43. The minimum absolute atomic E-state index is 0.0696. The summed E-state index contributed by atoms with van der Waals surface area (Å²) in [6.07, 6.45) is 10.5. The fourth-order valence-electron chi connectivity index (χ4n) is 8.73. The van der Waals surface area contributed by atoms with Crippen molar-refractivity contribution in [3.05, 3.63) is 91.1 Å². The second kappa shape index (κ2) is 24.4. The van der Waals surface area contributed by atoms with Crippen molar-refractivity contribution in [1.29, 1.82) is 0 Å². The van der Waals surface area contributed by atoms with Crippen molar-refractivity contribution in [2.45, 2.75) is 80.9 Å². The molecule has 13 heteroatoms. The molecule has 1 saturated carbocycles. The molecule has 0 radical (unpaired) electrons. The third-order valence-electron chi connectivity index (χ3n) is 11.2. The summed E-state index contributed by atoms with van der Waals surface area (Å²) >= 11 is 1.74. The van der Waals surface area contributed by atoms with E-state index in [1.54, 1.807) is 28.8 Å². The molecule has 5 rings (SSSR count). The summed E-state index contributed by atoms with van der Waals surface area (Å²) in [6, 6.07) is 15.5. The number of nitrogens with zero attached hydrogens (tertiary/aromatic N) is 2. The summed E-state index contributed by atoms with van der Waals surface area (Å²) in [6.45, 7) is 11.2. The van der Waals surface area contributed by atoms with E-state index < -0.39 is 23.8 Å². The molecule has 0 saturated heterocycles. The SMILES string of the molecule is C=CCCOC(=O)N(CCOCCO)C1CC(=NOCC)C2=CC(CCCCO)C(CCCCO)C3c4cc(OCCSc5ccccc5)ccc4OC1(OCC=C)C23. The molecular weight excluding hydrogens is 773 g/mol. The van der Waals surface area contributed by atoms with E-state index in [1.807, 2.05) is 37.3 Å². The molecule has 6 unspecified atom stereocenters. The lowest BCUT2D eigenvalue weighted by Gasteiger charge is -2.59. The summed E-state index contributed by atoms with van der Waals surface area (Å²) in [5, 5.41) is 34.0. The molecule has 6 atom stereocenters. The Morgan fingerprint density at radius 3 is 2.51 bits per heavy atom. The van der Waals surface area contributed by atoms with E-state index in [4.69, 9.17) is 33.7 Å². The molecule has 1 amide bonds. The first-order chi connectivity index (χ1) is 29.0. The largest absolute Gasteiger partial charge is 0.493 e. The average molecular weight is 837 g/mol. The zero-order chi connectivity index (χ0) is 41.9. The molecule has 3 N–H and O–H groups in total. The highest BCUT2D eigenvalue weighted by Crippen LogP contribution is 2.62. The first kappa shape index (κ1) is 46.2. The number of carbonyl (C=O) groups is 1. The molecule has 59 heavy (non-hydrogen) atoms. The van der Waals surface area contributed by atoms with E-state index in [0.717, 1.165) is 48.3 Å². The molecule has 0 spiro atoms. The van der Waals surface area contributed by atoms with E-state index in [1.165, 1.54) is 4.90 Å². The fraction of sp³-hybridized carbons (Fsp3) is 0.565. The number of aliphatic hydroxyl groups excluding tert-OH is 3. The highest BCUT2D eigenvalue weighted by atomic mass is 32.2. The lowest BCUT2D eigenvalue weighted by molar-refractivity contribution is -0.256. The van der Waals surface area contributed by atoms with Gasteiger partial charge in [-0.05, 0) is 86.8 Å². The van der Waals surface area contributed by atoms with Crippen LogP contribution in [0.1, 0.15) is 69.8 Å². The van der Waals surface area contributed by atoms with Crippen LogP contribution < -0.4 is 9.47 Å². The Hall–Kier alpha value is -3.85. The minimum Gasteiger partial charge on any atom is -0.493 e. The summed E-state index contributed by atoms with van der Waals surface area (Å²) in [7, 11) is 0. The summed E-state index contributed by atoms with van der Waals surface area (Å²) in [5.74, 6) is 0.210. The number of amides is 1. The van der Waals surface area contributed by atoms with Gasteiger partial charge in [-0.3, -0.25) is 4.90 Å². The number of hydrogen-bond donors (Lipinski definition) is 3. The monoisotopic (exact) mass is 836 g/mol. The summed E-state index contributed by atoms with van der Waals surface area (Å²) in [5.41, 5.74) is 2.63. The number of aliphatic hydroxyl groups is 3. The van der Waals surface area contributed by atoms with E-state index >= 15 is 0 Å². The van der Waals surface area contributed by atoms with Gasteiger partial charge in [0.25, 0.3) is 0 Å². The molecule has 1 fully saturated rings.